The van der Waals surface area contributed by atoms with E-state index >= 15 is 0 Å². The second kappa shape index (κ2) is 9.48. The molecule has 0 aliphatic carbocycles. The minimum atomic E-state index is -1.12. The van der Waals surface area contributed by atoms with E-state index in [-0.39, 0.29) is 12.2 Å². The zero-order valence-electron chi connectivity index (χ0n) is 12.0. The fraction of sp³-hybridized carbons (Fsp3) is 0.562. The van der Waals surface area contributed by atoms with Gasteiger partial charge < -0.3 is 9.84 Å². The minimum Gasteiger partial charge on any atom is -0.478 e. The maximum atomic E-state index is 13.2. The molecule has 0 saturated heterocycles. The molecular formula is C16H23FO3. The van der Waals surface area contributed by atoms with Gasteiger partial charge in [0.25, 0.3) is 0 Å². The fourth-order valence-electron chi connectivity index (χ4n) is 2.03. The Kier molecular flexibility index (Phi) is 7.88. The van der Waals surface area contributed by atoms with Gasteiger partial charge >= 0.3 is 5.97 Å². The Balaban J connectivity index is 2.23. The van der Waals surface area contributed by atoms with Crippen LogP contribution in [0.2, 0.25) is 0 Å². The molecule has 0 fully saturated rings. The molecule has 4 heteroatoms. The first-order valence-corrected chi connectivity index (χ1v) is 7.24. The molecule has 0 aliphatic heterocycles. The number of hydrogen-bond acceptors (Lipinski definition) is 2. The van der Waals surface area contributed by atoms with E-state index in [2.05, 4.69) is 6.92 Å². The summed E-state index contributed by atoms with van der Waals surface area (Å²) in [6, 6.07) is 3.78. The molecule has 1 rings (SSSR count). The smallest absolute Gasteiger partial charge is 0.335 e. The molecule has 0 aromatic heterocycles. The van der Waals surface area contributed by atoms with Crippen molar-refractivity contribution < 1.29 is 19.0 Å². The van der Waals surface area contributed by atoms with Crippen LogP contribution in [0.15, 0.2) is 18.2 Å². The SMILES string of the molecule is CCCCCCCCOCc1cc(F)cc(C(=O)O)c1. The maximum absolute atomic E-state index is 13.2. The van der Waals surface area contributed by atoms with Crippen molar-refractivity contribution in [3.63, 3.8) is 0 Å². The number of carbonyl (C=O) groups is 1. The monoisotopic (exact) mass is 282 g/mol. The summed E-state index contributed by atoms with van der Waals surface area (Å²) in [5.74, 6) is -1.66. The highest BCUT2D eigenvalue weighted by Gasteiger charge is 2.07. The van der Waals surface area contributed by atoms with E-state index in [1.165, 1.54) is 37.8 Å². The standard InChI is InChI=1S/C16H23FO3/c1-2-3-4-5-6-7-8-20-12-13-9-14(16(18)19)11-15(17)10-13/h9-11H,2-8,12H2,1H3,(H,18,19). The van der Waals surface area contributed by atoms with Crippen LogP contribution in [-0.2, 0) is 11.3 Å². The molecule has 0 unspecified atom stereocenters. The number of ether oxygens (including phenoxy) is 1. The van der Waals surface area contributed by atoms with Gasteiger partial charge in [0.2, 0.25) is 0 Å². The van der Waals surface area contributed by atoms with Gasteiger partial charge in [0.1, 0.15) is 5.82 Å². The molecule has 0 spiro atoms. The Morgan fingerprint density at radius 2 is 1.85 bits per heavy atom. The van der Waals surface area contributed by atoms with Crippen LogP contribution in [0, 0.1) is 5.82 Å². The topological polar surface area (TPSA) is 46.5 Å². The molecule has 0 saturated carbocycles. The quantitative estimate of drug-likeness (QED) is 0.647. The molecule has 0 aliphatic rings. The van der Waals surface area contributed by atoms with Crippen molar-refractivity contribution in [1.29, 1.82) is 0 Å². The summed E-state index contributed by atoms with van der Waals surface area (Å²) in [5, 5.41) is 8.84. The first kappa shape index (κ1) is 16.6. The van der Waals surface area contributed by atoms with Crippen LogP contribution in [0.3, 0.4) is 0 Å². The van der Waals surface area contributed by atoms with Gasteiger partial charge in [-0.1, -0.05) is 39.0 Å². The Hall–Kier alpha value is -1.42. The van der Waals surface area contributed by atoms with Gasteiger partial charge in [0.05, 0.1) is 12.2 Å². The van der Waals surface area contributed by atoms with Gasteiger partial charge in [0, 0.05) is 6.61 Å². The molecule has 112 valence electrons. The van der Waals surface area contributed by atoms with E-state index in [4.69, 9.17) is 9.84 Å². The summed E-state index contributed by atoms with van der Waals surface area (Å²) in [6.07, 6.45) is 7.14. The highest BCUT2D eigenvalue weighted by Crippen LogP contribution is 2.11. The Morgan fingerprint density at radius 3 is 2.55 bits per heavy atom. The summed E-state index contributed by atoms with van der Waals surface area (Å²) in [5.41, 5.74) is 0.525. The average molecular weight is 282 g/mol. The lowest BCUT2D eigenvalue weighted by Crippen LogP contribution is -2.01. The normalized spacial score (nSPS) is 10.7. The van der Waals surface area contributed by atoms with Gasteiger partial charge in [-0.3, -0.25) is 0 Å². The molecule has 0 heterocycles. The molecule has 1 aromatic carbocycles. The summed E-state index contributed by atoms with van der Waals surface area (Å²) in [6.45, 7) is 3.07. The van der Waals surface area contributed by atoms with Gasteiger partial charge in [0.15, 0.2) is 0 Å². The highest BCUT2D eigenvalue weighted by molar-refractivity contribution is 5.87. The summed E-state index contributed by atoms with van der Waals surface area (Å²) in [4.78, 5) is 10.8. The molecule has 1 N–H and O–H groups in total. The molecule has 0 amide bonds. The number of carboxylic acids is 1. The van der Waals surface area contributed by atoms with E-state index < -0.39 is 11.8 Å². The molecule has 3 nitrogen and oxygen atoms in total. The van der Waals surface area contributed by atoms with Crippen molar-refractivity contribution in [2.45, 2.75) is 52.1 Å². The van der Waals surface area contributed by atoms with Crippen LogP contribution < -0.4 is 0 Å². The number of aromatic carboxylic acids is 1. The largest absolute Gasteiger partial charge is 0.478 e. The number of rotatable bonds is 10. The predicted molar refractivity (Wildman–Crippen MR) is 76.4 cm³/mol. The number of benzene rings is 1. The van der Waals surface area contributed by atoms with Crippen molar-refractivity contribution in [2.24, 2.45) is 0 Å². The Labute approximate surface area is 119 Å². The van der Waals surface area contributed by atoms with Crippen molar-refractivity contribution in [3.8, 4) is 0 Å². The zero-order chi connectivity index (χ0) is 14.8. The molecule has 20 heavy (non-hydrogen) atoms. The van der Waals surface area contributed by atoms with E-state index in [1.54, 1.807) is 0 Å². The van der Waals surface area contributed by atoms with Crippen LogP contribution in [0.5, 0.6) is 0 Å². The molecule has 0 atom stereocenters. The van der Waals surface area contributed by atoms with E-state index in [0.717, 1.165) is 18.9 Å². The van der Waals surface area contributed by atoms with Crippen molar-refractivity contribution in [2.75, 3.05) is 6.61 Å². The van der Waals surface area contributed by atoms with E-state index in [1.807, 2.05) is 0 Å². The number of unbranched alkanes of at least 4 members (excludes halogenated alkanes) is 5. The lowest BCUT2D eigenvalue weighted by Gasteiger charge is -2.06. The minimum absolute atomic E-state index is 0.0387. The highest BCUT2D eigenvalue weighted by atomic mass is 19.1. The average Bonchev–Trinajstić information content (AvgIpc) is 2.41. The lowest BCUT2D eigenvalue weighted by atomic mass is 10.1. The van der Waals surface area contributed by atoms with Crippen LogP contribution >= 0.6 is 0 Å². The second-order valence-corrected chi connectivity index (χ2v) is 4.97. The third-order valence-corrected chi connectivity index (χ3v) is 3.12. The summed E-state index contributed by atoms with van der Waals surface area (Å²) in [7, 11) is 0. The van der Waals surface area contributed by atoms with Gasteiger partial charge in [-0.25, -0.2) is 9.18 Å². The Morgan fingerprint density at radius 1 is 1.15 bits per heavy atom. The molecule has 0 bridgehead atoms. The van der Waals surface area contributed by atoms with Crippen molar-refractivity contribution in [1.82, 2.24) is 0 Å². The first-order valence-electron chi connectivity index (χ1n) is 7.24. The van der Waals surface area contributed by atoms with Crippen LogP contribution in [0.4, 0.5) is 4.39 Å². The van der Waals surface area contributed by atoms with Crippen LogP contribution in [-0.4, -0.2) is 17.7 Å². The fourth-order valence-corrected chi connectivity index (χ4v) is 2.03. The summed E-state index contributed by atoms with van der Waals surface area (Å²) >= 11 is 0. The maximum Gasteiger partial charge on any atom is 0.335 e. The third-order valence-electron chi connectivity index (χ3n) is 3.12. The number of halogens is 1. The Bertz CT molecular complexity index is 418. The van der Waals surface area contributed by atoms with Crippen LogP contribution in [0.1, 0.15) is 61.4 Å². The van der Waals surface area contributed by atoms with Crippen molar-refractivity contribution in [3.05, 3.63) is 35.1 Å². The van der Waals surface area contributed by atoms with Gasteiger partial charge in [-0.05, 0) is 30.2 Å². The van der Waals surface area contributed by atoms with E-state index in [0.29, 0.717) is 12.2 Å². The zero-order valence-corrected chi connectivity index (χ0v) is 12.0. The lowest BCUT2D eigenvalue weighted by molar-refractivity contribution is 0.0695. The van der Waals surface area contributed by atoms with Crippen LogP contribution in [0.25, 0.3) is 0 Å². The van der Waals surface area contributed by atoms with Crippen molar-refractivity contribution >= 4 is 5.97 Å². The molecule has 0 radical (unpaired) electrons. The van der Waals surface area contributed by atoms with E-state index in [9.17, 15) is 9.18 Å². The molecule has 1 aromatic rings. The predicted octanol–water partition coefficient (Wildman–Crippen LogP) is 4.40. The number of carboxylic acid groups (broad SMARTS) is 1. The summed E-state index contributed by atoms with van der Waals surface area (Å²) < 4.78 is 18.7. The van der Waals surface area contributed by atoms with Gasteiger partial charge in [-0.2, -0.15) is 0 Å². The second-order valence-electron chi connectivity index (χ2n) is 4.97. The number of hydrogen-bond donors (Lipinski definition) is 1. The van der Waals surface area contributed by atoms with Gasteiger partial charge in [-0.15, -0.1) is 0 Å². The molecular weight excluding hydrogens is 259 g/mol. The first-order chi connectivity index (χ1) is 9.63. The third kappa shape index (κ3) is 6.66.